The van der Waals surface area contributed by atoms with Crippen LogP contribution < -0.4 is 0 Å². The maximum atomic E-state index is 12.8. The largest absolute Gasteiger partial charge is 0.433 e. The van der Waals surface area contributed by atoms with Crippen molar-refractivity contribution in [2.45, 2.75) is 70.9 Å². The zero-order valence-corrected chi connectivity index (χ0v) is 11.9. The van der Waals surface area contributed by atoms with Gasteiger partial charge in [0.25, 0.3) is 0 Å². The highest BCUT2D eigenvalue weighted by Gasteiger charge is 2.39. The number of halogens is 3. The molecule has 19 heavy (non-hydrogen) atoms. The SMILES string of the molecule is CCCCCCCC(C)(C)c1cn[nH]c1C(F)(F)F. The molecular formula is C14H23F3N2. The molecule has 0 saturated carbocycles. The minimum atomic E-state index is -4.36. The van der Waals surface area contributed by atoms with Gasteiger partial charge < -0.3 is 0 Å². The third-order valence-electron chi connectivity index (χ3n) is 3.56. The van der Waals surface area contributed by atoms with Gasteiger partial charge in [-0.1, -0.05) is 52.9 Å². The van der Waals surface area contributed by atoms with Gasteiger partial charge in [0.15, 0.2) is 0 Å². The molecule has 0 aliphatic carbocycles. The third-order valence-corrected chi connectivity index (χ3v) is 3.56. The number of nitrogens with one attached hydrogen (secondary N) is 1. The molecule has 0 bridgehead atoms. The lowest BCUT2D eigenvalue weighted by molar-refractivity contribution is -0.142. The second-order valence-electron chi connectivity index (χ2n) is 5.70. The van der Waals surface area contributed by atoms with Crippen LogP contribution in [-0.4, -0.2) is 10.2 Å². The van der Waals surface area contributed by atoms with Gasteiger partial charge in [0.2, 0.25) is 0 Å². The van der Waals surface area contributed by atoms with Crippen molar-refractivity contribution in [1.82, 2.24) is 10.2 Å². The normalized spacial score (nSPS) is 12.9. The number of hydrogen-bond acceptors (Lipinski definition) is 1. The molecule has 0 aliphatic rings. The van der Waals surface area contributed by atoms with Gasteiger partial charge in [0.1, 0.15) is 5.69 Å². The summed E-state index contributed by atoms with van der Waals surface area (Å²) in [5, 5.41) is 5.66. The Morgan fingerprint density at radius 1 is 1.11 bits per heavy atom. The molecule has 0 spiro atoms. The van der Waals surface area contributed by atoms with E-state index in [0.717, 1.165) is 25.7 Å². The lowest BCUT2D eigenvalue weighted by atomic mass is 9.80. The minimum absolute atomic E-state index is 0.274. The quantitative estimate of drug-likeness (QED) is 0.692. The highest BCUT2D eigenvalue weighted by molar-refractivity contribution is 5.27. The van der Waals surface area contributed by atoms with Gasteiger partial charge in [0.05, 0.1) is 6.20 Å². The topological polar surface area (TPSA) is 28.7 Å². The number of rotatable bonds is 7. The third kappa shape index (κ3) is 4.55. The van der Waals surface area contributed by atoms with Gasteiger partial charge in [0, 0.05) is 5.56 Å². The van der Waals surface area contributed by atoms with Crippen molar-refractivity contribution >= 4 is 0 Å². The van der Waals surface area contributed by atoms with Gasteiger partial charge in [-0.25, -0.2) is 0 Å². The number of alkyl halides is 3. The Kier molecular flexibility index (Phi) is 5.44. The molecule has 0 atom stereocenters. The smallest absolute Gasteiger partial charge is 0.273 e. The Balaban J connectivity index is 2.64. The molecule has 0 radical (unpaired) electrons. The Labute approximate surface area is 112 Å². The van der Waals surface area contributed by atoms with Gasteiger partial charge in [-0.15, -0.1) is 0 Å². The van der Waals surface area contributed by atoms with E-state index < -0.39 is 17.3 Å². The Morgan fingerprint density at radius 3 is 2.32 bits per heavy atom. The monoisotopic (exact) mass is 276 g/mol. The molecule has 1 rings (SSSR count). The van der Waals surface area contributed by atoms with Crippen LogP contribution in [-0.2, 0) is 11.6 Å². The second-order valence-corrected chi connectivity index (χ2v) is 5.70. The molecular weight excluding hydrogens is 253 g/mol. The standard InChI is InChI=1S/C14H23F3N2/c1-4-5-6-7-8-9-13(2,3)11-10-18-19-12(11)14(15,16)17/h10H,4-9H2,1-3H3,(H,18,19). The average Bonchev–Trinajstić information content (AvgIpc) is 2.78. The first-order valence-corrected chi connectivity index (χ1v) is 6.90. The van der Waals surface area contributed by atoms with Crippen molar-refractivity contribution in [2.24, 2.45) is 0 Å². The van der Waals surface area contributed by atoms with E-state index in [1.54, 1.807) is 0 Å². The number of aromatic nitrogens is 2. The minimum Gasteiger partial charge on any atom is -0.273 e. The summed E-state index contributed by atoms with van der Waals surface area (Å²) in [7, 11) is 0. The number of aromatic amines is 1. The summed E-state index contributed by atoms with van der Waals surface area (Å²) in [5.74, 6) is 0. The molecule has 1 aromatic heterocycles. The van der Waals surface area contributed by atoms with Crippen molar-refractivity contribution in [3.63, 3.8) is 0 Å². The maximum absolute atomic E-state index is 12.8. The van der Waals surface area contributed by atoms with E-state index in [2.05, 4.69) is 17.1 Å². The number of unbranched alkanes of at least 4 members (excludes halogenated alkanes) is 4. The Morgan fingerprint density at radius 2 is 1.74 bits per heavy atom. The van der Waals surface area contributed by atoms with Crippen LogP contribution in [0.4, 0.5) is 13.2 Å². The Hall–Kier alpha value is -1.00. The van der Waals surface area contributed by atoms with Crippen LogP contribution in [0.15, 0.2) is 6.20 Å². The van der Waals surface area contributed by atoms with E-state index in [1.165, 1.54) is 19.0 Å². The number of H-pyrrole nitrogens is 1. The summed E-state index contributed by atoms with van der Waals surface area (Å²) in [6.07, 6.45) is 3.26. The summed E-state index contributed by atoms with van der Waals surface area (Å²) in [5.41, 5.74) is -0.925. The van der Waals surface area contributed by atoms with Crippen LogP contribution in [0, 0.1) is 0 Å². The zero-order chi connectivity index (χ0) is 14.5. The van der Waals surface area contributed by atoms with Gasteiger partial charge in [-0.3, -0.25) is 5.10 Å². The van der Waals surface area contributed by atoms with E-state index in [0.29, 0.717) is 0 Å². The van der Waals surface area contributed by atoms with E-state index in [4.69, 9.17) is 0 Å². The van der Waals surface area contributed by atoms with Gasteiger partial charge in [-0.05, 0) is 11.8 Å². The van der Waals surface area contributed by atoms with Crippen molar-refractivity contribution in [2.75, 3.05) is 0 Å². The van der Waals surface area contributed by atoms with Gasteiger partial charge in [-0.2, -0.15) is 18.3 Å². The molecule has 0 amide bonds. The van der Waals surface area contributed by atoms with E-state index in [-0.39, 0.29) is 5.56 Å². The molecule has 1 N–H and O–H groups in total. The molecule has 0 saturated heterocycles. The van der Waals surface area contributed by atoms with Crippen LogP contribution in [0.2, 0.25) is 0 Å². The Bertz CT molecular complexity index is 380. The molecule has 110 valence electrons. The average molecular weight is 276 g/mol. The fourth-order valence-corrected chi connectivity index (χ4v) is 2.32. The summed E-state index contributed by atoms with van der Waals surface area (Å²) in [6, 6.07) is 0. The fourth-order valence-electron chi connectivity index (χ4n) is 2.32. The second kappa shape index (κ2) is 6.44. The summed E-state index contributed by atoms with van der Waals surface area (Å²) in [6.45, 7) is 5.85. The molecule has 0 unspecified atom stereocenters. The zero-order valence-electron chi connectivity index (χ0n) is 11.9. The van der Waals surface area contributed by atoms with Crippen LogP contribution in [0.3, 0.4) is 0 Å². The fraction of sp³-hybridized carbons (Fsp3) is 0.786. The molecule has 0 aromatic carbocycles. The summed E-state index contributed by atoms with van der Waals surface area (Å²) >= 11 is 0. The highest BCUT2D eigenvalue weighted by atomic mass is 19.4. The predicted molar refractivity (Wildman–Crippen MR) is 70.0 cm³/mol. The van der Waals surface area contributed by atoms with Gasteiger partial charge >= 0.3 is 6.18 Å². The summed E-state index contributed by atoms with van der Waals surface area (Å²) in [4.78, 5) is 0. The first-order valence-electron chi connectivity index (χ1n) is 6.90. The first-order chi connectivity index (χ1) is 8.79. The molecule has 1 heterocycles. The summed E-state index contributed by atoms with van der Waals surface area (Å²) < 4.78 is 38.5. The molecule has 2 nitrogen and oxygen atoms in total. The number of hydrogen-bond donors (Lipinski definition) is 1. The lowest BCUT2D eigenvalue weighted by Gasteiger charge is -2.25. The molecule has 0 fully saturated rings. The van der Waals surface area contributed by atoms with E-state index in [9.17, 15) is 13.2 Å². The highest BCUT2D eigenvalue weighted by Crippen LogP contribution is 2.38. The van der Waals surface area contributed by atoms with Crippen molar-refractivity contribution < 1.29 is 13.2 Å². The predicted octanol–water partition coefficient (Wildman–Crippen LogP) is 5.07. The molecule has 5 heteroatoms. The van der Waals surface area contributed by atoms with Crippen LogP contribution in [0.5, 0.6) is 0 Å². The number of nitrogens with zero attached hydrogens (tertiary/aromatic N) is 1. The lowest BCUT2D eigenvalue weighted by Crippen LogP contribution is -2.21. The van der Waals surface area contributed by atoms with E-state index >= 15 is 0 Å². The molecule has 1 aromatic rings. The molecule has 0 aliphatic heterocycles. The van der Waals surface area contributed by atoms with E-state index in [1.807, 2.05) is 13.8 Å². The first kappa shape index (κ1) is 16.1. The van der Waals surface area contributed by atoms with Crippen LogP contribution in [0.25, 0.3) is 0 Å². The maximum Gasteiger partial charge on any atom is 0.433 e. The van der Waals surface area contributed by atoms with Crippen LogP contribution >= 0.6 is 0 Å². The van der Waals surface area contributed by atoms with Crippen molar-refractivity contribution in [3.05, 3.63) is 17.5 Å². The van der Waals surface area contributed by atoms with Crippen molar-refractivity contribution in [1.29, 1.82) is 0 Å². The van der Waals surface area contributed by atoms with Crippen LogP contribution in [0.1, 0.15) is 70.6 Å². The van der Waals surface area contributed by atoms with Crippen molar-refractivity contribution in [3.8, 4) is 0 Å².